The highest BCUT2D eigenvalue weighted by Crippen LogP contribution is 2.41. The monoisotopic (exact) mass is 590 g/mol. The fraction of sp³-hybridized carbons (Fsp3) is 0.500. The standard InChI is InChI=1S/C24H29ClN4O5.C4H10N2O/c25-15-17-5-7-18(8-6-17)28-19(30)16-27-23(34)24(11-4-12-24)22(33)26-13-2-1-3-14-29-20(31)9-10-21(29)32;1-2-3-6-4(5)7/h5-10H,1-4,11-16H2,(H,26,33)(H,27,34)(H,28,30);2-3H2,1H3,(H3,5,6,7). The average Bonchev–Trinajstić information content (AvgIpc) is 3.25. The van der Waals surface area contributed by atoms with Gasteiger partial charge < -0.3 is 27.0 Å². The quantitative estimate of drug-likeness (QED) is 0.0955. The number of anilines is 1. The Labute approximate surface area is 244 Å². The van der Waals surface area contributed by atoms with Crippen molar-refractivity contribution in [2.45, 2.75) is 57.7 Å². The van der Waals surface area contributed by atoms with Gasteiger partial charge in [-0.3, -0.25) is 28.9 Å². The van der Waals surface area contributed by atoms with E-state index in [9.17, 15) is 28.8 Å². The molecule has 0 radical (unpaired) electrons. The van der Waals surface area contributed by atoms with Crippen LogP contribution in [0.4, 0.5) is 10.5 Å². The molecule has 1 aromatic rings. The van der Waals surface area contributed by atoms with Gasteiger partial charge in [0.2, 0.25) is 17.7 Å². The molecule has 1 saturated carbocycles. The largest absolute Gasteiger partial charge is 0.355 e. The Kier molecular flexibility index (Phi) is 13.8. The van der Waals surface area contributed by atoms with Crippen molar-refractivity contribution in [3.05, 3.63) is 42.0 Å². The molecule has 224 valence electrons. The number of unbranched alkanes of at least 4 members (excludes halogenated alkanes) is 2. The minimum atomic E-state index is -1.14. The van der Waals surface area contributed by atoms with E-state index in [1.165, 1.54) is 17.1 Å². The van der Waals surface area contributed by atoms with Crippen molar-refractivity contribution in [3.8, 4) is 0 Å². The van der Waals surface area contributed by atoms with Gasteiger partial charge in [-0.15, -0.1) is 11.6 Å². The number of imide groups is 1. The summed E-state index contributed by atoms with van der Waals surface area (Å²) in [5, 5.41) is 10.5. The average molecular weight is 591 g/mol. The Bertz CT molecular complexity index is 1100. The number of urea groups is 1. The van der Waals surface area contributed by atoms with Gasteiger partial charge in [0.1, 0.15) is 5.41 Å². The molecule has 1 fully saturated rings. The van der Waals surface area contributed by atoms with Crippen LogP contribution in [-0.2, 0) is 29.9 Å². The van der Waals surface area contributed by atoms with Gasteiger partial charge >= 0.3 is 6.03 Å². The number of hydrogen-bond donors (Lipinski definition) is 5. The molecule has 3 rings (SSSR count). The van der Waals surface area contributed by atoms with Crippen LogP contribution in [0.5, 0.6) is 0 Å². The zero-order chi connectivity index (χ0) is 30.3. The van der Waals surface area contributed by atoms with Crippen LogP contribution in [0.15, 0.2) is 36.4 Å². The van der Waals surface area contributed by atoms with Gasteiger partial charge in [0, 0.05) is 43.4 Å². The molecule has 1 aromatic carbocycles. The van der Waals surface area contributed by atoms with Gasteiger partial charge in [0.25, 0.3) is 11.8 Å². The topological polar surface area (TPSA) is 180 Å². The van der Waals surface area contributed by atoms with Crippen LogP contribution in [0, 0.1) is 5.41 Å². The first-order valence-electron chi connectivity index (χ1n) is 13.7. The number of benzene rings is 1. The Morgan fingerprint density at radius 3 is 2.05 bits per heavy atom. The molecule has 7 amide bonds. The fourth-order valence-corrected chi connectivity index (χ4v) is 4.32. The first-order valence-corrected chi connectivity index (χ1v) is 14.2. The van der Waals surface area contributed by atoms with Crippen molar-refractivity contribution in [1.29, 1.82) is 0 Å². The Hall–Kier alpha value is -3.93. The molecule has 0 unspecified atom stereocenters. The second-order valence-corrected chi connectivity index (χ2v) is 10.0. The highest BCUT2D eigenvalue weighted by atomic mass is 35.5. The van der Waals surface area contributed by atoms with Crippen molar-refractivity contribution >= 4 is 52.9 Å². The minimum absolute atomic E-state index is 0.228. The summed E-state index contributed by atoms with van der Waals surface area (Å²) in [6, 6.07) is 6.63. The molecule has 1 heterocycles. The Balaban J connectivity index is 0.000000745. The van der Waals surface area contributed by atoms with Gasteiger partial charge in [0.15, 0.2) is 0 Å². The van der Waals surface area contributed by atoms with Crippen LogP contribution in [0.3, 0.4) is 0 Å². The SMILES string of the molecule is CCCNC(N)=O.O=C(CNC(=O)C1(C(=O)NCCCCCN2C(=O)C=CC2=O)CCC1)Nc1ccc(CCl)cc1. The third kappa shape index (κ3) is 10.5. The van der Waals surface area contributed by atoms with Crippen LogP contribution >= 0.6 is 11.6 Å². The number of alkyl halides is 1. The molecule has 1 aliphatic heterocycles. The lowest BCUT2D eigenvalue weighted by Crippen LogP contribution is -2.56. The summed E-state index contributed by atoms with van der Waals surface area (Å²) in [4.78, 5) is 71.7. The summed E-state index contributed by atoms with van der Waals surface area (Å²) in [6.07, 6.45) is 7.14. The summed E-state index contributed by atoms with van der Waals surface area (Å²) in [6.45, 7) is 3.16. The number of carbonyl (C=O) groups excluding carboxylic acids is 6. The maximum absolute atomic E-state index is 12.7. The first-order chi connectivity index (χ1) is 19.6. The van der Waals surface area contributed by atoms with Gasteiger partial charge in [0.05, 0.1) is 6.54 Å². The fourth-order valence-electron chi connectivity index (χ4n) is 4.14. The molecule has 0 atom stereocenters. The van der Waals surface area contributed by atoms with Gasteiger partial charge in [-0.2, -0.15) is 0 Å². The van der Waals surface area contributed by atoms with E-state index in [2.05, 4.69) is 21.3 Å². The molecule has 0 bridgehead atoms. The molecule has 6 N–H and O–H groups in total. The van der Waals surface area contributed by atoms with E-state index in [1.54, 1.807) is 24.3 Å². The normalized spacial score (nSPS) is 14.8. The second-order valence-electron chi connectivity index (χ2n) is 9.77. The number of rotatable bonds is 14. The third-order valence-electron chi connectivity index (χ3n) is 6.67. The number of primary amides is 1. The number of nitrogens with one attached hydrogen (secondary N) is 4. The minimum Gasteiger partial charge on any atom is -0.355 e. The molecule has 0 aromatic heterocycles. The molecule has 0 spiro atoms. The maximum atomic E-state index is 12.7. The van der Waals surface area contributed by atoms with Crippen LogP contribution in [-0.4, -0.2) is 66.6 Å². The summed E-state index contributed by atoms with van der Waals surface area (Å²) < 4.78 is 0. The zero-order valence-corrected chi connectivity index (χ0v) is 24.1. The van der Waals surface area contributed by atoms with Crippen molar-refractivity contribution in [2.24, 2.45) is 11.1 Å². The van der Waals surface area contributed by atoms with Crippen molar-refractivity contribution in [3.63, 3.8) is 0 Å². The van der Waals surface area contributed by atoms with E-state index in [4.69, 9.17) is 17.3 Å². The van der Waals surface area contributed by atoms with E-state index < -0.39 is 17.4 Å². The van der Waals surface area contributed by atoms with Crippen LogP contribution in [0.25, 0.3) is 0 Å². The summed E-state index contributed by atoms with van der Waals surface area (Å²) in [5.41, 5.74) is 5.12. The van der Waals surface area contributed by atoms with E-state index in [-0.39, 0.29) is 30.2 Å². The lowest BCUT2D eigenvalue weighted by Gasteiger charge is -2.38. The highest BCUT2D eigenvalue weighted by molar-refractivity contribution is 6.17. The molecular weight excluding hydrogens is 552 g/mol. The molecule has 2 aliphatic rings. The molecular formula is C28H39ClN6O6. The van der Waals surface area contributed by atoms with Crippen LogP contribution < -0.4 is 27.0 Å². The van der Waals surface area contributed by atoms with Crippen molar-refractivity contribution in [1.82, 2.24) is 20.9 Å². The number of hydrogen-bond acceptors (Lipinski definition) is 6. The summed E-state index contributed by atoms with van der Waals surface area (Å²) in [7, 11) is 0. The number of nitrogens with zero attached hydrogens (tertiary/aromatic N) is 1. The van der Waals surface area contributed by atoms with Crippen molar-refractivity contribution < 1.29 is 28.8 Å². The van der Waals surface area contributed by atoms with Crippen LogP contribution in [0.2, 0.25) is 0 Å². The van der Waals surface area contributed by atoms with Gasteiger partial charge in [-0.05, 0) is 56.2 Å². The first kappa shape index (κ1) is 33.3. The van der Waals surface area contributed by atoms with E-state index >= 15 is 0 Å². The third-order valence-corrected chi connectivity index (χ3v) is 6.98. The highest BCUT2D eigenvalue weighted by Gasteiger charge is 2.50. The molecule has 0 saturated heterocycles. The van der Waals surface area contributed by atoms with Crippen LogP contribution in [0.1, 0.15) is 57.4 Å². The van der Waals surface area contributed by atoms with E-state index in [0.717, 1.165) is 24.8 Å². The molecule has 12 nitrogen and oxygen atoms in total. The number of carbonyl (C=O) groups is 6. The van der Waals surface area contributed by atoms with Crippen molar-refractivity contribution in [2.75, 3.05) is 31.5 Å². The van der Waals surface area contributed by atoms with Gasteiger partial charge in [-0.1, -0.05) is 25.5 Å². The maximum Gasteiger partial charge on any atom is 0.312 e. The lowest BCUT2D eigenvalue weighted by atomic mass is 9.67. The van der Waals surface area contributed by atoms with E-state index in [0.29, 0.717) is 56.9 Å². The Morgan fingerprint density at radius 1 is 0.902 bits per heavy atom. The smallest absolute Gasteiger partial charge is 0.312 e. The van der Waals surface area contributed by atoms with E-state index in [1.807, 2.05) is 6.92 Å². The van der Waals surface area contributed by atoms with Gasteiger partial charge in [-0.25, -0.2) is 4.79 Å². The molecule has 1 aliphatic carbocycles. The molecule has 13 heteroatoms. The number of nitrogens with two attached hydrogens (primary N) is 1. The Morgan fingerprint density at radius 2 is 1.54 bits per heavy atom. The predicted molar refractivity (Wildman–Crippen MR) is 155 cm³/mol. The zero-order valence-electron chi connectivity index (χ0n) is 23.3. The predicted octanol–water partition coefficient (Wildman–Crippen LogP) is 1.93. The summed E-state index contributed by atoms with van der Waals surface area (Å²) >= 11 is 5.75. The molecule has 41 heavy (non-hydrogen) atoms. The lowest BCUT2D eigenvalue weighted by molar-refractivity contribution is -0.150. The number of halogens is 1. The number of amides is 7. The summed E-state index contributed by atoms with van der Waals surface area (Å²) in [5.74, 6) is -1.37. The second kappa shape index (κ2) is 17.0.